The highest BCUT2D eigenvalue weighted by atomic mass is 32.1. The summed E-state index contributed by atoms with van der Waals surface area (Å²) in [5.41, 5.74) is 0.241. The van der Waals surface area contributed by atoms with Crippen LogP contribution in [0.5, 0.6) is 0 Å². The number of hydrogen-bond acceptors (Lipinski definition) is 4. The van der Waals surface area contributed by atoms with Gasteiger partial charge in [-0.25, -0.2) is 9.78 Å². The minimum atomic E-state index is -4.34. The number of alkyl halides is 3. The van der Waals surface area contributed by atoms with Crippen molar-refractivity contribution in [2.75, 3.05) is 18.0 Å². The van der Waals surface area contributed by atoms with Gasteiger partial charge < -0.3 is 10.0 Å². The molecule has 0 aliphatic carbocycles. The molecule has 0 amide bonds. The second-order valence-corrected chi connectivity index (χ2v) is 4.73. The zero-order valence-electron chi connectivity index (χ0n) is 9.91. The summed E-state index contributed by atoms with van der Waals surface area (Å²) in [6.07, 6.45) is -3.81. The monoisotopic (exact) mass is 282 g/mol. The second-order valence-electron chi connectivity index (χ2n) is 3.75. The third kappa shape index (κ3) is 3.86. The molecule has 0 fully saturated rings. The molecule has 0 saturated heterocycles. The summed E-state index contributed by atoms with van der Waals surface area (Å²) in [6.45, 7) is 2.29. The van der Waals surface area contributed by atoms with E-state index in [1.165, 1.54) is 6.92 Å². The molecule has 0 aliphatic rings. The van der Waals surface area contributed by atoms with Crippen LogP contribution >= 0.6 is 11.3 Å². The average molecular weight is 282 g/mol. The van der Waals surface area contributed by atoms with E-state index in [1.54, 1.807) is 6.92 Å². The van der Waals surface area contributed by atoms with Gasteiger partial charge in [0, 0.05) is 6.54 Å². The summed E-state index contributed by atoms with van der Waals surface area (Å²) in [7, 11) is 0. The van der Waals surface area contributed by atoms with Crippen LogP contribution in [0.15, 0.2) is 0 Å². The first-order valence-electron chi connectivity index (χ1n) is 5.27. The van der Waals surface area contributed by atoms with Crippen LogP contribution in [0.1, 0.15) is 28.7 Å². The van der Waals surface area contributed by atoms with E-state index in [1.807, 2.05) is 0 Å². The molecule has 1 N–H and O–H groups in total. The highest BCUT2D eigenvalue weighted by Crippen LogP contribution is 2.28. The van der Waals surface area contributed by atoms with Crippen LogP contribution in [0.2, 0.25) is 0 Å². The van der Waals surface area contributed by atoms with Crippen molar-refractivity contribution in [2.45, 2.75) is 26.4 Å². The number of aryl methyl sites for hydroxylation is 1. The van der Waals surface area contributed by atoms with E-state index < -0.39 is 18.7 Å². The molecular formula is C10H13F3N2O2S. The maximum Gasteiger partial charge on any atom is 0.406 e. The van der Waals surface area contributed by atoms with Crippen LogP contribution in [-0.4, -0.2) is 35.3 Å². The van der Waals surface area contributed by atoms with Crippen molar-refractivity contribution in [3.05, 3.63) is 10.6 Å². The minimum Gasteiger partial charge on any atom is -0.477 e. The van der Waals surface area contributed by atoms with E-state index in [9.17, 15) is 18.0 Å². The van der Waals surface area contributed by atoms with Gasteiger partial charge in [-0.1, -0.05) is 18.3 Å². The van der Waals surface area contributed by atoms with Gasteiger partial charge in [0.15, 0.2) is 5.13 Å². The van der Waals surface area contributed by atoms with Crippen LogP contribution in [-0.2, 0) is 0 Å². The molecule has 1 rings (SSSR count). The fraction of sp³-hybridized carbons (Fsp3) is 0.600. The van der Waals surface area contributed by atoms with E-state index in [2.05, 4.69) is 4.98 Å². The van der Waals surface area contributed by atoms with Crippen LogP contribution in [0.3, 0.4) is 0 Å². The van der Waals surface area contributed by atoms with Crippen LogP contribution < -0.4 is 4.90 Å². The third-order valence-electron chi connectivity index (χ3n) is 2.11. The number of halogens is 3. The van der Waals surface area contributed by atoms with E-state index in [4.69, 9.17) is 5.11 Å². The molecule has 1 aromatic heterocycles. The number of aromatic nitrogens is 1. The summed E-state index contributed by atoms with van der Waals surface area (Å²) in [6, 6.07) is 0. The van der Waals surface area contributed by atoms with E-state index >= 15 is 0 Å². The molecule has 1 aromatic rings. The fourth-order valence-corrected chi connectivity index (χ4v) is 2.38. The second kappa shape index (κ2) is 5.55. The molecule has 0 unspecified atom stereocenters. The lowest BCUT2D eigenvalue weighted by Gasteiger charge is -2.22. The topological polar surface area (TPSA) is 53.4 Å². The van der Waals surface area contributed by atoms with Gasteiger partial charge in [0.05, 0.1) is 5.69 Å². The number of anilines is 1. The Hall–Kier alpha value is -1.31. The van der Waals surface area contributed by atoms with Crippen molar-refractivity contribution < 1.29 is 23.1 Å². The zero-order valence-corrected chi connectivity index (χ0v) is 10.7. The molecule has 0 spiro atoms. The van der Waals surface area contributed by atoms with Gasteiger partial charge in [-0.05, 0) is 13.3 Å². The van der Waals surface area contributed by atoms with E-state index in [-0.39, 0.29) is 22.2 Å². The van der Waals surface area contributed by atoms with Gasteiger partial charge in [0.2, 0.25) is 0 Å². The molecule has 18 heavy (non-hydrogen) atoms. The Morgan fingerprint density at radius 3 is 2.50 bits per heavy atom. The lowest BCUT2D eigenvalue weighted by Crippen LogP contribution is -2.34. The minimum absolute atomic E-state index is 0.0201. The SMILES string of the molecule is CCCN(CC(F)(F)F)c1nc(C)c(C(=O)O)s1. The first kappa shape index (κ1) is 14.7. The number of nitrogens with zero attached hydrogens (tertiary/aromatic N) is 2. The van der Waals surface area contributed by atoms with Crippen molar-refractivity contribution >= 4 is 22.4 Å². The summed E-state index contributed by atoms with van der Waals surface area (Å²) >= 11 is 0.772. The highest BCUT2D eigenvalue weighted by molar-refractivity contribution is 7.17. The Balaban J connectivity index is 2.99. The summed E-state index contributed by atoms with van der Waals surface area (Å²) in [4.78, 5) is 15.8. The summed E-state index contributed by atoms with van der Waals surface area (Å²) in [5.74, 6) is -1.17. The Kier molecular flexibility index (Phi) is 4.55. The van der Waals surface area contributed by atoms with Gasteiger partial charge in [-0.2, -0.15) is 13.2 Å². The maximum absolute atomic E-state index is 12.4. The normalized spacial score (nSPS) is 11.6. The van der Waals surface area contributed by atoms with Crippen molar-refractivity contribution in [3.63, 3.8) is 0 Å². The molecule has 0 aromatic carbocycles. The Labute approximate surface area is 106 Å². The summed E-state index contributed by atoms with van der Waals surface area (Å²) in [5, 5.41) is 8.95. The lowest BCUT2D eigenvalue weighted by molar-refractivity contribution is -0.119. The molecule has 1 heterocycles. The maximum atomic E-state index is 12.4. The molecule has 4 nitrogen and oxygen atoms in total. The lowest BCUT2D eigenvalue weighted by atomic mass is 10.4. The van der Waals surface area contributed by atoms with Crippen LogP contribution in [0.25, 0.3) is 0 Å². The van der Waals surface area contributed by atoms with Crippen molar-refractivity contribution in [1.82, 2.24) is 4.98 Å². The predicted molar refractivity (Wildman–Crippen MR) is 62.4 cm³/mol. The van der Waals surface area contributed by atoms with E-state index in [0.29, 0.717) is 6.42 Å². The van der Waals surface area contributed by atoms with Crippen molar-refractivity contribution in [2.24, 2.45) is 0 Å². The molecule has 8 heteroatoms. The number of thiazole rings is 1. The summed E-state index contributed by atoms with van der Waals surface area (Å²) < 4.78 is 37.2. The number of aromatic carboxylic acids is 1. The quantitative estimate of drug-likeness (QED) is 0.902. The predicted octanol–water partition coefficient (Wildman–Crippen LogP) is 2.93. The number of rotatable bonds is 5. The number of carboxylic acid groups (broad SMARTS) is 1. The van der Waals surface area contributed by atoms with Gasteiger partial charge in [0.1, 0.15) is 11.4 Å². The number of carbonyl (C=O) groups is 1. The Morgan fingerprint density at radius 2 is 2.11 bits per heavy atom. The Morgan fingerprint density at radius 1 is 1.50 bits per heavy atom. The third-order valence-corrected chi connectivity index (χ3v) is 3.32. The van der Waals surface area contributed by atoms with Gasteiger partial charge in [-0.3, -0.25) is 0 Å². The van der Waals surface area contributed by atoms with Crippen molar-refractivity contribution in [3.8, 4) is 0 Å². The van der Waals surface area contributed by atoms with E-state index in [0.717, 1.165) is 16.2 Å². The molecule has 0 radical (unpaired) electrons. The molecular weight excluding hydrogens is 269 g/mol. The van der Waals surface area contributed by atoms with Gasteiger partial charge in [0.25, 0.3) is 0 Å². The molecule has 0 saturated carbocycles. The Bertz CT molecular complexity index is 431. The average Bonchev–Trinajstić information content (AvgIpc) is 2.57. The van der Waals surface area contributed by atoms with Gasteiger partial charge in [-0.15, -0.1) is 0 Å². The smallest absolute Gasteiger partial charge is 0.406 e. The molecule has 0 atom stereocenters. The molecule has 102 valence electrons. The standard InChI is InChI=1S/C10H13F3N2O2S/c1-3-4-15(5-10(11,12)13)9-14-6(2)7(18-9)8(16)17/h3-5H2,1-2H3,(H,16,17). The zero-order chi connectivity index (χ0) is 13.9. The van der Waals surface area contributed by atoms with Gasteiger partial charge >= 0.3 is 12.1 Å². The first-order valence-corrected chi connectivity index (χ1v) is 6.08. The van der Waals surface area contributed by atoms with Crippen molar-refractivity contribution in [1.29, 1.82) is 0 Å². The van der Waals surface area contributed by atoms with Crippen LogP contribution in [0.4, 0.5) is 18.3 Å². The molecule has 0 aliphatic heterocycles. The fourth-order valence-electron chi connectivity index (χ4n) is 1.44. The van der Waals surface area contributed by atoms with Crippen LogP contribution in [0, 0.1) is 6.92 Å². The number of carboxylic acids is 1. The number of hydrogen-bond donors (Lipinski definition) is 1. The molecule has 0 bridgehead atoms. The largest absolute Gasteiger partial charge is 0.477 e. The highest BCUT2D eigenvalue weighted by Gasteiger charge is 2.32. The first-order chi connectivity index (χ1) is 8.24.